The third-order valence-electron chi connectivity index (χ3n) is 6.83. The number of aromatic nitrogens is 1. The van der Waals surface area contributed by atoms with Gasteiger partial charge in [0.05, 0.1) is 42.2 Å². The minimum atomic E-state index is -1.05. The van der Waals surface area contributed by atoms with Crippen LogP contribution in [-0.4, -0.2) is 42.1 Å². The summed E-state index contributed by atoms with van der Waals surface area (Å²) in [6.45, 7) is 5.04. The number of unbranched alkanes of at least 4 members (excludes halogenated alkanes) is 1. The normalized spacial score (nSPS) is 16.3. The standard InChI is InChI=1S/C32H31FN2O6S/c1-4-6-15-41-24-13-10-19(17-25(24)39-3)28-27(29(36)20-8-7-9-22(16-20)40-14-5-2)30(37)31(38)35(28)32-34-23-12-11-21(33)18-26(23)42-32/h7-13,16-18,28,36H,4-6,14-15H2,1-3H3/b29-27+. The van der Waals surface area contributed by atoms with E-state index in [1.165, 1.54) is 30.2 Å². The van der Waals surface area contributed by atoms with Gasteiger partial charge < -0.3 is 19.3 Å². The first-order valence-corrected chi connectivity index (χ1v) is 14.6. The molecule has 218 valence electrons. The van der Waals surface area contributed by atoms with Crippen LogP contribution in [0.4, 0.5) is 9.52 Å². The fourth-order valence-corrected chi connectivity index (χ4v) is 5.76. The maximum absolute atomic E-state index is 14.0. The largest absolute Gasteiger partial charge is 0.507 e. The van der Waals surface area contributed by atoms with Crippen LogP contribution in [0.1, 0.15) is 50.3 Å². The molecule has 0 aliphatic carbocycles. The third-order valence-corrected chi connectivity index (χ3v) is 7.85. The Hall–Kier alpha value is -4.44. The number of nitrogens with zero attached hydrogens (tertiary/aromatic N) is 2. The third kappa shape index (κ3) is 5.67. The van der Waals surface area contributed by atoms with Crippen molar-refractivity contribution < 1.29 is 33.3 Å². The number of rotatable bonds is 11. The first-order valence-electron chi connectivity index (χ1n) is 13.8. The van der Waals surface area contributed by atoms with Crippen LogP contribution in [0.5, 0.6) is 17.2 Å². The van der Waals surface area contributed by atoms with Gasteiger partial charge in [-0.25, -0.2) is 9.37 Å². The molecule has 1 atom stereocenters. The van der Waals surface area contributed by atoms with Crippen LogP contribution in [0, 0.1) is 5.82 Å². The molecule has 0 spiro atoms. The second-order valence-electron chi connectivity index (χ2n) is 9.77. The number of aliphatic hydroxyl groups is 1. The number of hydrogen-bond donors (Lipinski definition) is 1. The Balaban J connectivity index is 1.67. The number of hydrogen-bond acceptors (Lipinski definition) is 8. The highest BCUT2D eigenvalue weighted by atomic mass is 32.1. The fourth-order valence-electron chi connectivity index (χ4n) is 4.74. The lowest BCUT2D eigenvalue weighted by Gasteiger charge is -2.24. The van der Waals surface area contributed by atoms with Crippen molar-refractivity contribution in [2.24, 2.45) is 0 Å². The SMILES string of the molecule is CCCCOc1ccc(C2/C(=C(\O)c3cccc(OCCC)c3)C(=O)C(=O)N2c2nc3ccc(F)cc3s2)cc1OC. The molecule has 4 aromatic rings. The molecule has 1 aliphatic heterocycles. The quantitative estimate of drug-likeness (QED) is 0.0866. The van der Waals surface area contributed by atoms with E-state index >= 15 is 0 Å². The van der Waals surface area contributed by atoms with Crippen molar-refractivity contribution >= 4 is 44.1 Å². The number of anilines is 1. The summed E-state index contributed by atoms with van der Waals surface area (Å²) in [7, 11) is 1.51. The molecule has 2 heterocycles. The van der Waals surface area contributed by atoms with Gasteiger partial charge in [-0.2, -0.15) is 0 Å². The molecule has 1 saturated heterocycles. The van der Waals surface area contributed by atoms with Crippen LogP contribution in [0.15, 0.2) is 66.2 Å². The highest BCUT2D eigenvalue weighted by Crippen LogP contribution is 2.46. The Morgan fingerprint density at radius 2 is 1.83 bits per heavy atom. The lowest BCUT2D eigenvalue weighted by Crippen LogP contribution is -2.29. The van der Waals surface area contributed by atoms with E-state index in [-0.39, 0.29) is 16.5 Å². The van der Waals surface area contributed by atoms with Gasteiger partial charge in [0.15, 0.2) is 16.6 Å². The zero-order valence-corrected chi connectivity index (χ0v) is 24.4. The van der Waals surface area contributed by atoms with E-state index in [2.05, 4.69) is 11.9 Å². The minimum absolute atomic E-state index is 0.111. The Bertz CT molecular complexity index is 1670. The molecule has 1 aromatic heterocycles. The topological polar surface area (TPSA) is 98.2 Å². The molecule has 0 bridgehead atoms. The number of halogens is 1. The van der Waals surface area contributed by atoms with Gasteiger partial charge in [-0.05, 0) is 60.9 Å². The monoisotopic (exact) mass is 590 g/mol. The highest BCUT2D eigenvalue weighted by molar-refractivity contribution is 7.22. The summed E-state index contributed by atoms with van der Waals surface area (Å²) < 4.78 is 31.7. The van der Waals surface area contributed by atoms with Crippen LogP contribution in [0.25, 0.3) is 16.0 Å². The van der Waals surface area contributed by atoms with E-state index in [9.17, 15) is 19.1 Å². The summed E-state index contributed by atoms with van der Waals surface area (Å²) in [5, 5.41) is 11.8. The Morgan fingerprint density at radius 1 is 1.00 bits per heavy atom. The minimum Gasteiger partial charge on any atom is -0.507 e. The van der Waals surface area contributed by atoms with Gasteiger partial charge in [0.1, 0.15) is 17.3 Å². The van der Waals surface area contributed by atoms with E-state index in [0.29, 0.717) is 51.8 Å². The van der Waals surface area contributed by atoms with Gasteiger partial charge in [0, 0.05) is 5.56 Å². The number of Topliss-reactive ketones (excluding diaryl/α,β-unsaturated/α-hetero) is 1. The van der Waals surface area contributed by atoms with Crippen LogP contribution >= 0.6 is 11.3 Å². The maximum Gasteiger partial charge on any atom is 0.301 e. The Morgan fingerprint density at radius 3 is 2.60 bits per heavy atom. The zero-order chi connectivity index (χ0) is 29.8. The molecule has 5 rings (SSSR count). The van der Waals surface area contributed by atoms with Gasteiger partial charge in [-0.1, -0.05) is 49.8 Å². The smallest absolute Gasteiger partial charge is 0.301 e. The van der Waals surface area contributed by atoms with Crippen molar-refractivity contribution in [3.63, 3.8) is 0 Å². The number of thiazole rings is 1. The summed E-state index contributed by atoms with van der Waals surface area (Å²) in [4.78, 5) is 33.1. The molecular weight excluding hydrogens is 559 g/mol. The number of methoxy groups -OCH3 is 1. The molecule has 1 amide bonds. The fraction of sp³-hybridized carbons (Fsp3) is 0.281. The molecule has 0 saturated carbocycles. The Labute approximate surface area is 247 Å². The first kappa shape index (κ1) is 29.1. The zero-order valence-electron chi connectivity index (χ0n) is 23.6. The summed E-state index contributed by atoms with van der Waals surface area (Å²) in [6.07, 6.45) is 2.63. The maximum atomic E-state index is 14.0. The molecule has 3 aromatic carbocycles. The predicted octanol–water partition coefficient (Wildman–Crippen LogP) is 7.04. The summed E-state index contributed by atoms with van der Waals surface area (Å²) in [5.41, 5.74) is 1.19. The van der Waals surface area contributed by atoms with Gasteiger partial charge in [0.25, 0.3) is 5.78 Å². The van der Waals surface area contributed by atoms with Gasteiger partial charge in [0.2, 0.25) is 0 Å². The van der Waals surface area contributed by atoms with Crippen molar-refractivity contribution in [2.45, 2.75) is 39.2 Å². The van der Waals surface area contributed by atoms with Crippen molar-refractivity contribution in [2.75, 3.05) is 25.2 Å². The van der Waals surface area contributed by atoms with Crippen LogP contribution in [0.2, 0.25) is 0 Å². The van der Waals surface area contributed by atoms with Crippen LogP contribution in [-0.2, 0) is 9.59 Å². The number of benzene rings is 3. The lowest BCUT2D eigenvalue weighted by atomic mass is 9.95. The van der Waals surface area contributed by atoms with Crippen molar-refractivity contribution in [1.29, 1.82) is 0 Å². The van der Waals surface area contributed by atoms with E-state index in [0.717, 1.165) is 30.6 Å². The molecule has 42 heavy (non-hydrogen) atoms. The summed E-state index contributed by atoms with van der Waals surface area (Å²) in [5.74, 6) is -1.07. The number of fused-ring (bicyclic) bond motifs is 1. The first-order chi connectivity index (χ1) is 20.4. The average molecular weight is 591 g/mol. The number of aliphatic hydroxyl groups excluding tert-OH is 1. The Kier molecular flexibility index (Phi) is 8.72. The predicted molar refractivity (Wildman–Crippen MR) is 160 cm³/mol. The number of ketones is 1. The second kappa shape index (κ2) is 12.6. The molecule has 1 N–H and O–H groups in total. The number of amides is 1. The van der Waals surface area contributed by atoms with Gasteiger partial charge in [-0.3, -0.25) is 14.5 Å². The number of ether oxygens (including phenoxy) is 3. The second-order valence-corrected chi connectivity index (χ2v) is 10.8. The van der Waals surface area contributed by atoms with Crippen molar-refractivity contribution in [3.8, 4) is 17.2 Å². The molecule has 1 fully saturated rings. The lowest BCUT2D eigenvalue weighted by molar-refractivity contribution is -0.132. The van der Waals surface area contributed by atoms with E-state index in [1.54, 1.807) is 42.5 Å². The summed E-state index contributed by atoms with van der Waals surface area (Å²) in [6, 6.07) is 15.0. The molecular formula is C32H31FN2O6S. The average Bonchev–Trinajstić information content (AvgIpc) is 3.53. The van der Waals surface area contributed by atoms with Crippen LogP contribution < -0.4 is 19.1 Å². The summed E-state index contributed by atoms with van der Waals surface area (Å²) >= 11 is 1.08. The molecule has 1 unspecified atom stereocenters. The van der Waals surface area contributed by atoms with Crippen molar-refractivity contribution in [3.05, 3.63) is 83.2 Å². The van der Waals surface area contributed by atoms with E-state index in [4.69, 9.17) is 14.2 Å². The molecule has 10 heteroatoms. The van der Waals surface area contributed by atoms with Gasteiger partial charge in [-0.15, -0.1) is 0 Å². The molecule has 8 nitrogen and oxygen atoms in total. The van der Waals surface area contributed by atoms with Crippen LogP contribution in [0.3, 0.4) is 0 Å². The van der Waals surface area contributed by atoms with E-state index in [1.807, 2.05) is 6.92 Å². The molecule has 1 aliphatic rings. The highest BCUT2D eigenvalue weighted by Gasteiger charge is 2.48. The number of carbonyl (C=O) groups is 2. The molecule has 0 radical (unpaired) electrons. The van der Waals surface area contributed by atoms with E-state index < -0.39 is 23.5 Å². The van der Waals surface area contributed by atoms with Crippen molar-refractivity contribution in [1.82, 2.24) is 4.98 Å². The van der Waals surface area contributed by atoms with Gasteiger partial charge >= 0.3 is 5.91 Å². The number of carbonyl (C=O) groups excluding carboxylic acids is 2.